The van der Waals surface area contributed by atoms with Gasteiger partial charge in [-0.05, 0) is 78.1 Å². The van der Waals surface area contributed by atoms with Gasteiger partial charge < -0.3 is 9.84 Å². The maximum atomic E-state index is 15.9. The van der Waals surface area contributed by atoms with Crippen LogP contribution in [0.1, 0.15) is 83.9 Å². The number of aliphatic hydroxyl groups excluding tert-OH is 1. The summed E-state index contributed by atoms with van der Waals surface area (Å²) in [6.45, 7) is 0.477. The van der Waals surface area contributed by atoms with Crippen molar-refractivity contribution in [1.29, 1.82) is 0 Å². The molecule has 0 radical (unpaired) electrons. The number of aliphatic hydroxyl groups is 1. The third kappa shape index (κ3) is 5.87. The van der Waals surface area contributed by atoms with E-state index >= 15 is 4.39 Å². The normalized spacial score (nSPS) is 20.7. The van der Waals surface area contributed by atoms with Crippen molar-refractivity contribution in [2.75, 3.05) is 13.7 Å². The number of hydrogen-bond donors (Lipinski definition) is 1. The lowest BCUT2D eigenvalue weighted by atomic mass is 9.77. The first-order valence-electron chi connectivity index (χ1n) is 13.5. The average Bonchev–Trinajstić information content (AvgIpc) is 3.44. The van der Waals surface area contributed by atoms with Gasteiger partial charge in [-0.15, -0.1) is 0 Å². The zero-order valence-electron chi connectivity index (χ0n) is 21.8. The van der Waals surface area contributed by atoms with Crippen molar-refractivity contribution < 1.29 is 31.8 Å². The highest BCUT2D eigenvalue weighted by atomic mass is 19.4. The van der Waals surface area contributed by atoms with Crippen molar-refractivity contribution >= 4 is 0 Å². The van der Waals surface area contributed by atoms with Crippen LogP contribution in [0.25, 0.3) is 11.1 Å². The summed E-state index contributed by atoms with van der Waals surface area (Å²) >= 11 is 0. The molecule has 2 aromatic carbocycles. The van der Waals surface area contributed by atoms with E-state index in [0.717, 1.165) is 49.2 Å². The van der Waals surface area contributed by atoms with Gasteiger partial charge in [-0.2, -0.15) is 13.2 Å². The van der Waals surface area contributed by atoms with E-state index in [1.165, 1.54) is 24.3 Å². The third-order valence-electron chi connectivity index (χ3n) is 8.08. The van der Waals surface area contributed by atoms with E-state index in [4.69, 9.17) is 9.72 Å². The number of hydrogen-bond acceptors (Lipinski definition) is 3. The molecule has 208 valence electrons. The molecule has 1 heterocycles. The summed E-state index contributed by atoms with van der Waals surface area (Å²) in [5.41, 5.74) is 3.45. The number of halogens is 5. The van der Waals surface area contributed by atoms with Gasteiger partial charge in [0.15, 0.2) is 0 Å². The number of aromatic nitrogens is 1. The molecule has 2 aliphatic rings. The molecule has 1 N–H and O–H groups in total. The summed E-state index contributed by atoms with van der Waals surface area (Å²) < 4.78 is 74.4. The summed E-state index contributed by atoms with van der Waals surface area (Å²) in [6.07, 6.45) is -2.14. The number of rotatable bonds is 7. The van der Waals surface area contributed by atoms with Crippen molar-refractivity contribution in [2.24, 2.45) is 5.92 Å². The number of methoxy groups -OCH3 is 1. The van der Waals surface area contributed by atoms with E-state index in [-0.39, 0.29) is 23.8 Å². The first kappa shape index (κ1) is 27.7. The summed E-state index contributed by atoms with van der Waals surface area (Å²) in [4.78, 5) is 5.07. The van der Waals surface area contributed by atoms with Crippen LogP contribution in [-0.2, 0) is 23.8 Å². The highest BCUT2D eigenvalue weighted by molar-refractivity contribution is 5.74. The van der Waals surface area contributed by atoms with E-state index in [1.54, 1.807) is 19.2 Å². The van der Waals surface area contributed by atoms with E-state index in [2.05, 4.69) is 0 Å². The Morgan fingerprint density at radius 3 is 2.31 bits per heavy atom. The molecule has 0 saturated heterocycles. The average molecular weight is 546 g/mol. The van der Waals surface area contributed by atoms with Crippen molar-refractivity contribution in [3.63, 3.8) is 0 Å². The molecular weight excluding hydrogens is 513 g/mol. The van der Waals surface area contributed by atoms with E-state index in [9.17, 15) is 22.7 Å². The molecule has 3 nitrogen and oxygen atoms in total. The molecule has 5 rings (SSSR count). The Morgan fingerprint density at radius 2 is 1.69 bits per heavy atom. The summed E-state index contributed by atoms with van der Waals surface area (Å²) in [5, 5.41) is 11.3. The number of fused-ring (bicyclic) bond motifs is 1. The number of alkyl halides is 4. The fourth-order valence-corrected chi connectivity index (χ4v) is 6.24. The van der Waals surface area contributed by atoms with Gasteiger partial charge in [-0.3, -0.25) is 4.98 Å². The molecule has 8 heteroatoms. The second kappa shape index (κ2) is 11.3. The van der Waals surface area contributed by atoms with E-state index < -0.39 is 29.8 Å². The molecule has 3 atom stereocenters. The minimum absolute atomic E-state index is 0.0782. The first-order valence-corrected chi connectivity index (χ1v) is 13.5. The monoisotopic (exact) mass is 545 g/mol. The number of pyridine rings is 1. The molecule has 0 spiro atoms. The Kier molecular flexibility index (Phi) is 8.06. The lowest BCUT2D eigenvalue weighted by Gasteiger charge is -2.33. The number of benzene rings is 2. The Balaban J connectivity index is 1.65. The lowest BCUT2D eigenvalue weighted by molar-refractivity contribution is -0.137. The van der Waals surface area contributed by atoms with Gasteiger partial charge in [0.05, 0.1) is 11.7 Å². The molecule has 0 aliphatic heterocycles. The van der Waals surface area contributed by atoms with E-state index in [1.807, 2.05) is 0 Å². The van der Waals surface area contributed by atoms with Crippen molar-refractivity contribution in [2.45, 2.75) is 69.3 Å². The van der Waals surface area contributed by atoms with Crippen LogP contribution in [0.15, 0.2) is 48.5 Å². The minimum atomic E-state index is -4.50. The van der Waals surface area contributed by atoms with Crippen LogP contribution in [0.3, 0.4) is 0 Å². The fraction of sp³-hybridized carbons (Fsp3) is 0.452. The maximum absolute atomic E-state index is 15.9. The van der Waals surface area contributed by atoms with Gasteiger partial charge in [0.25, 0.3) is 0 Å². The molecule has 1 fully saturated rings. The van der Waals surface area contributed by atoms with Gasteiger partial charge in [-0.25, -0.2) is 8.78 Å². The SMILES string of the molecule is COCC1Cc2nc(C3CCCC3)c(CC(F)c3ccc(C(F)(F)F)cc3)c(-c3ccc(F)cc3)c2C(O)C1. The van der Waals surface area contributed by atoms with Crippen LogP contribution in [0, 0.1) is 11.7 Å². The third-order valence-corrected chi connectivity index (χ3v) is 8.08. The minimum Gasteiger partial charge on any atom is -0.388 e. The highest BCUT2D eigenvalue weighted by Crippen LogP contribution is 2.46. The summed E-state index contributed by atoms with van der Waals surface area (Å²) in [7, 11) is 1.62. The molecule has 2 aliphatic carbocycles. The van der Waals surface area contributed by atoms with Gasteiger partial charge in [0.2, 0.25) is 0 Å². The Bertz CT molecular complexity index is 1280. The highest BCUT2D eigenvalue weighted by Gasteiger charge is 2.35. The number of ether oxygens (including phenoxy) is 1. The molecule has 1 aromatic heterocycles. The van der Waals surface area contributed by atoms with Crippen LogP contribution in [0.5, 0.6) is 0 Å². The zero-order chi connectivity index (χ0) is 27.7. The Morgan fingerprint density at radius 1 is 1.03 bits per heavy atom. The molecule has 3 unspecified atom stereocenters. The second-order valence-corrected chi connectivity index (χ2v) is 10.8. The van der Waals surface area contributed by atoms with Crippen LogP contribution in [0.4, 0.5) is 22.0 Å². The van der Waals surface area contributed by atoms with Gasteiger partial charge in [-0.1, -0.05) is 37.1 Å². The van der Waals surface area contributed by atoms with Gasteiger partial charge >= 0.3 is 6.18 Å². The molecule has 0 bridgehead atoms. The smallest absolute Gasteiger partial charge is 0.388 e. The van der Waals surface area contributed by atoms with Crippen molar-refractivity contribution in [3.8, 4) is 11.1 Å². The standard InChI is InChI=1S/C31H32F5NO2/c1-39-17-18-14-26-29(27(38)15-18)28(20-8-12-23(32)13-9-20)24(30(37-26)21-4-2-3-5-21)16-25(33)19-6-10-22(11-7-19)31(34,35)36/h6-13,18,21,25,27,38H,2-5,14-17H2,1H3. The van der Waals surface area contributed by atoms with Crippen LogP contribution in [-0.4, -0.2) is 23.8 Å². The van der Waals surface area contributed by atoms with Crippen molar-refractivity contribution in [1.82, 2.24) is 4.98 Å². The predicted octanol–water partition coefficient (Wildman–Crippen LogP) is 8.06. The zero-order valence-corrected chi connectivity index (χ0v) is 21.8. The quantitative estimate of drug-likeness (QED) is 0.306. The lowest BCUT2D eigenvalue weighted by Crippen LogP contribution is -2.26. The molecule has 3 aromatic rings. The molecular formula is C31H32F5NO2. The predicted molar refractivity (Wildman–Crippen MR) is 138 cm³/mol. The van der Waals surface area contributed by atoms with Crippen LogP contribution < -0.4 is 0 Å². The fourth-order valence-electron chi connectivity index (χ4n) is 6.24. The summed E-state index contributed by atoms with van der Waals surface area (Å²) in [5.74, 6) is -0.216. The van der Waals surface area contributed by atoms with Crippen LogP contribution >= 0.6 is 0 Å². The first-order chi connectivity index (χ1) is 18.7. The molecule has 1 saturated carbocycles. The largest absolute Gasteiger partial charge is 0.416 e. The van der Waals surface area contributed by atoms with Gasteiger partial charge in [0, 0.05) is 43.0 Å². The van der Waals surface area contributed by atoms with Gasteiger partial charge in [0.1, 0.15) is 12.0 Å². The Labute approximate surface area is 225 Å². The Hall–Kier alpha value is -2.84. The molecule has 39 heavy (non-hydrogen) atoms. The molecule has 0 amide bonds. The second-order valence-electron chi connectivity index (χ2n) is 10.8. The van der Waals surface area contributed by atoms with Crippen LogP contribution in [0.2, 0.25) is 0 Å². The van der Waals surface area contributed by atoms with Crippen molar-refractivity contribution in [3.05, 3.63) is 88.0 Å². The maximum Gasteiger partial charge on any atom is 0.416 e. The summed E-state index contributed by atoms with van der Waals surface area (Å²) in [6, 6.07) is 10.1. The topological polar surface area (TPSA) is 42.4 Å². The van der Waals surface area contributed by atoms with E-state index in [0.29, 0.717) is 41.7 Å². The number of nitrogens with zero attached hydrogens (tertiary/aromatic N) is 1.